The number of hydrogen-bond donors (Lipinski definition) is 4. The second-order valence-corrected chi connectivity index (χ2v) is 19.1. The van der Waals surface area contributed by atoms with Gasteiger partial charge in [-0.25, -0.2) is 4.79 Å². The van der Waals surface area contributed by atoms with E-state index in [1.165, 1.54) is 0 Å². The molecular formula is C42H58N2O10. The molecule has 0 bridgehead atoms. The van der Waals surface area contributed by atoms with Crippen LogP contribution >= 0.6 is 0 Å². The number of ether oxygens (including phenoxy) is 4. The number of ketones is 1. The molecule has 1 aromatic rings. The molecule has 3 aliphatic carbocycles. The number of epoxide rings is 1. The maximum absolute atomic E-state index is 15.0. The number of esters is 2. The van der Waals surface area contributed by atoms with Crippen LogP contribution < -0.4 is 10.6 Å². The highest BCUT2D eigenvalue weighted by Gasteiger charge is 2.91. The average molecular weight is 751 g/mol. The Morgan fingerprint density at radius 3 is 2.56 bits per heavy atom. The third-order valence-electron chi connectivity index (χ3n) is 16.1. The molecule has 1 aromatic heterocycles. The Balaban J connectivity index is 1.05. The second kappa shape index (κ2) is 12.7. The van der Waals surface area contributed by atoms with E-state index >= 15 is 0 Å². The van der Waals surface area contributed by atoms with Gasteiger partial charge < -0.3 is 38.9 Å². The van der Waals surface area contributed by atoms with Gasteiger partial charge in [-0.1, -0.05) is 39.8 Å². The number of fused-ring (bicyclic) bond motifs is 1. The predicted octanol–water partition coefficient (Wildman–Crippen LogP) is 3.78. The number of aliphatic hydroxyl groups excluding tert-OH is 2. The van der Waals surface area contributed by atoms with Crippen LogP contribution in [0.15, 0.2) is 28.9 Å². The van der Waals surface area contributed by atoms with Crippen molar-refractivity contribution in [2.45, 2.75) is 128 Å². The van der Waals surface area contributed by atoms with Gasteiger partial charge in [0.1, 0.15) is 30.2 Å². The van der Waals surface area contributed by atoms with Crippen molar-refractivity contribution < 1.29 is 48.0 Å². The molecular weight excluding hydrogens is 692 g/mol. The fourth-order valence-corrected chi connectivity index (χ4v) is 13.4. The first-order valence-corrected chi connectivity index (χ1v) is 20.5. The monoisotopic (exact) mass is 750 g/mol. The maximum atomic E-state index is 15.0. The van der Waals surface area contributed by atoms with E-state index in [1.807, 2.05) is 19.9 Å². The largest absolute Gasteiger partial charge is 0.469 e. The standard InChI is InChI=1S/C42H58N2O10/c1-22(2)10-14-39(4)33-32(47)34(48)40(5)29(41(33)20-51-31(46)17-30(41)53-39)11-13-38(3)35(52-37(49)36-42(38,40)54-36)26-12-15-50-28(26)16-25(19-45)23-6-8-24(9-7-23)27-18-43-21-44-27/h6,8,12,15,22-25,27,29-30,33-36,43-45,48H,7,9-11,13-14,16-21H2,1-5H3. The van der Waals surface area contributed by atoms with Crippen LogP contribution in [0.25, 0.3) is 0 Å². The average Bonchev–Trinajstić information content (AvgIpc) is 3.41. The topological polar surface area (TPSA) is 169 Å². The third-order valence-corrected chi connectivity index (χ3v) is 16.1. The summed E-state index contributed by atoms with van der Waals surface area (Å²) < 4.78 is 31.9. The summed E-state index contributed by atoms with van der Waals surface area (Å²) in [7, 11) is 0. The molecule has 5 saturated heterocycles. The molecule has 12 heteroatoms. The number of nitrogens with one attached hydrogen (secondary N) is 2. The Bertz CT molecular complexity index is 1720. The lowest BCUT2D eigenvalue weighted by atomic mass is 9.36. The smallest absolute Gasteiger partial charge is 0.339 e. The van der Waals surface area contributed by atoms with Gasteiger partial charge in [-0.3, -0.25) is 14.9 Å². The predicted molar refractivity (Wildman–Crippen MR) is 193 cm³/mol. The molecule has 2 saturated carbocycles. The molecule has 54 heavy (non-hydrogen) atoms. The van der Waals surface area contributed by atoms with E-state index < -0.39 is 63.8 Å². The molecule has 0 radical (unpaired) electrons. The number of cyclic esters (lactones) is 2. The summed E-state index contributed by atoms with van der Waals surface area (Å²) in [5.74, 6) is -0.628. The highest BCUT2D eigenvalue weighted by molar-refractivity contribution is 5.92. The Hall–Kier alpha value is -2.61. The van der Waals surface area contributed by atoms with Crippen LogP contribution in [0.4, 0.5) is 0 Å². The van der Waals surface area contributed by atoms with Crippen molar-refractivity contribution in [3.63, 3.8) is 0 Å². The normalized spacial score (nSPS) is 48.3. The third kappa shape index (κ3) is 4.85. The Morgan fingerprint density at radius 1 is 1.04 bits per heavy atom. The molecule has 0 aromatic carbocycles. The van der Waals surface area contributed by atoms with Gasteiger partial charge in [-0.15, -0.1) is 0 Å². The number of allylic oxidation sites excluding steroid dienone is 1. The highest BCUT2D eigenvalue weighted by Crippen LogP contribution is 2.80. The summed E-state index contributed by atoms with van der Waals surface area (Å²) in [4.78, 5) is 41.8. The van der Waals surface area contributed by atoms with Gasteiger partial charge in [0.2, 0.25) is 0 Å². The lowest BCUT2D eigenvalue weighted by Crippen LogP contribution is -2.76. The maximum Gasteiger partial charge on any atom is 0.339 e. The zero-order valence-electron chi connectivity index (χ0n) is 32.3. The molecule has 7 fully saturated rings. The van der Waals surface area contributed by atoms with Gasteiger partial charge in [0.05, 0.1) is 30.3 Å². The van der Waals surface area contributed by atoms with Crippen LogP contribution in [0.1, 0.15) is 97.0 Å². The number of aliphatic hydroxyl groups is 2. The number of carbonyl (C=O) groups is 3. The minimum absolute atomic E-state index is 0.0128. The summed E-state index contributed by atoms with van der Waals surface area (Å²) in [5.41, 5.74) is -4.30. The SMILES string of the molecule is CC(C)CCC1(C)OC2CC(=O)OCC23C1C(=O)C(O)C1(C)C3CCC2(C)C(c3ccoc3CC(CO)C3C=CC(C4CNCN4)CC3)OC(=O)C3OC321. The van der Waals surface area contributed by atoms with Gasteiger partial charge >= 0.3 is 11.9 Å². The molecule has 2 spiro atoms. The first-order chi connectivity index (χ1) is 25.7. The van der Waals surface area contributed by atoms with Gasteiger partial charge in [0.15, 0.2) is 11.9 Å². The molecule has 15 atom stereocenters. The van der Waals surface area contributed by atoms with E-state index in [9.17, 15) is 24.6 Å². The van der Waals surface area contributed by atoms with Crippen LogP contribution in [-0.4, -0.2) is 89.9 Å². The number of Topliss-reactive ketones (excluding diaryl/α,β-unsaturated/α-hetero) is 1. The summed E-state index contributed by atoms with van der Waals surface area (Å²) in [6.07, 6.45) is 7.56. The Kier molecular flexibility index (Phi) is 8.70. The first kappa shape index (κ1) is 37.0. The number of rotatable bonds is 9. The van der Waals surface area contributed by atoms with Gasteiger partial charge in [0, 0.05) is 54.1 Å². The van der Waals surface area contributed by atoms with E-state index in [-0.39, 0.29) is 49.1 Å². The summed E-state index contributed by atoms with van der Waals surface area (Å²) in [6.45, 7) is 12.0. The number of carbonyl (C=O) groups excluding carboxylic acids is 3. The van der Waals surface area contributed by atoms with E-state index in [4.69, 9.17) is 23.4 Å². The van der Waals surface area contributed by atoms with Crippen LogP contribution in [0, 0.1) is 51.8 Å². The first-order valence-electron chi connectivity index (χ1n) is 20.5. The Labute approximate surface area is 317 Å². The molecule has 4 N–H and O–H groups in total. The molecule has 296 valence electrons. The molecule has 6 heterocycles. The molecule has 8 aliphatic rings. The van der Waals surface area contributed by atoms with E-state index in [0.29, 0.717) is 49.3 Å². The van der Waals surface area contributed by atoms with Crippen molar-refractivity contribution in [1.82, 2.24) is 10.6 Å². The van der Waals surface area contributed by atoms with Crippen molar-refractivity contribution in [1.29, 1.82) is 0 Å². The molecule has 9 rings (SSSR count). The van der Waals surface area contributed by atoms with Crippen LogP contribution in [-0.2, 0) is 39.8 Å². The molecule has 15 unspecified atom stereocenters. The van der Waals surface area contributed by atoms with E-state index in [0.717, 1.165) is 38.0 Å². The minimum Gasteiger partial charge on any atom is -0.469 e. The zero-order chi connectivity index (χ0) is 38.0. The fraction of sp³-hybridized carbons (Fsp3) is 0.786. The summed E-state index contributed by atoms with van der Waals surface area (Å²) in [5, 5.41) is 30.1. The van der Waals surface area contributed by atoms with E-state index in [2.05, 4.69) is 43.6 Å². The fourth-order valence-electron chi connectivity index (χ4n) is 13.4. The highest BCUT2D eigenvalue weighted by atomic mass is 16.7. The van der Waals surface area contributed by atoms with Gasteiger partial charge in [-0.2, -0.15) is 0 Å². The molecule has 5 aliphatic heterocycles. The van der Waals surface area contributed by atoms with Crippen molar-refractivity contribution in [2.75, 3.05) is 26.4 Å². The van der Waals surface area contributed by atoms with Crippen LogP contribution in [0.3, 0.4) is 0 Å². The van der Waals surface area contributed by atoms with Crippen molar-refractivity contribution in [3.05, 3.63) is 35.8 Å². The second-order valence-electron chi connectivity index (χ2n) is 19.1. The lowest BCUT2D eigenvalue weighted by molar-refractivity contribution is -0.252. The zero-order valence-corrected chi connectivity index (χ0v) is 32.3. The van der Waals surface area contributed by atoms with Gasteiger partial charge in [-0.05, 0) is 81.1 Å². The van der Waals surface area contributed by atoms with Crippen LogP contribution in [0.5, 0.6) is 0 Å². The minimum atomic E-state index is -1.44. The lowest BCUT2D eigenvalue weighted by Gasteiger charge is -2.66. The van der Waals surface area contributed by atoms with E-state index in [1.54, 1.807) is 6.26 Å². The number of hydrogen-bond acceptors (Lipinski definition) is 12. The summed E-state index contributed by atoms with van der Waals surface area (Å²) in [6, 6.07) is 2.28. The molecule has 12 nitrogen and oxygen atoms in total. The van der Waals surface area contributed by atoms with Crippen molar-refractivity contribution in [3.8, 4) is 0 Å². The van der Waals surface area contributed by atoms with Crippen molar-refractivity contribution in [2.24, 2.45) is 51.8 Å². The Morgan fingerprint density at radius 2 is 1.85 bits per heavy atom. The van der Waals surface area contributed by atoms with Crippen molar-refractivity contribution >= 4 is 17.7 Å². The van der Waals surface area contributed by atoms with Gasteiger partial charge in [0.25, 0.3) is 0 Å². The number of furan rings is 1. The van der Waals surface area contributed by atoms with Crippen LogP contribution in [0.2, 0.25) is 0 Å². The quantitative estimate of drug-likeness (QED) is 0.164. The summed E-state index contributed by atoms with van der Waals surface area (Å²) >= 11 is 0. The molecule has 0 amide bonds.